The van der Waals surface area contributed by atoms with Crippen LogP contribution < -0.4 is 0 Å². The maximum atomic E-state index is 6.37. The molecule has 0 fully saturated rings. The Morgan fingerprint density at radius 3 is 0.787 bits per heavy atom. The van der Waals surface area contributed by atoms with Crippen LogP contribution in [-0.4, -0.2) is 47.3 Å². The van der Waals surface area contributed by atoms with E-state index in [1.807, 2.05) is 66.7 Å². The van der Waals surface area contributed by atoms with Gasteiger partial charge < -0.3 is 35.9 Å². The molecule has 14 aromatic heterocycles. The van der Waals surface area contributed by atoms with Crippen LogP contribution in [-0.2, 0) is 0 Å². The van der Waals surface area contributed by atoms with E-state index < -0.39 is 0 Å². The van der Waals surface area contributed by atoms with Crippen molar-refractivity contribution in [3.05, 3.63) is 461 Å². The predicted octanol–water partition coefficient (Wildman–Crippen LogP) is 36.9. The lowest BCUT2D eigenvalue weighted by atomic mass is 10.1. The van der Waals surface area contributed by atoms with Gasteiger partial charge in [0.25, 0.3) is 0 Å². The summed E-state index contributed by atoms with van der Waals surface area (Å²) >= 11 is 3.52. The van der Waals surface area contributed by atoms with Gasteiger partial charge in [-0.05, 0) is 158 Å². The molecule has 0 aliphatic rings. The van der Waals surface area contributed by atoms with E-state index >= 15 is 0 Å². The molecule has 0 spiro atoms. The number of hydrogen-bond donors (Lipinski definition) is 0. The third-order valence-electron chi connectivity index (χ3n) is 30.8. The van der Waals surface area contributed by atoms with Crippen LogP contribution in [0.4, 0.5) is 0 Å². The van der Waals surface area contributed by atoms with E-state index in [-0.39, 0.29) is 0 Å². The van der Waals surface area contributed by atoms with Crippen LogP contribution in [0.2, 0.25) is 0 Å². The van der Waals surface area contributed by atoms with Crippen molar-refractivity contribution in [2.45, 2.75) is 0 Å². The lowest BCUT2D eigenvalue weighted by molar-refractivity contribution is 0.668. The van der Waals surface area contributed by atoms with Gasteiger partial charge in [-0.15, -0.1) is 22.7 Å². The summed E-state index contributed by atoms with van der Waals surface area (Å²) < 4.78 is 44.1. The fraction of sp³-hybridized carbons (Fsp3) is 0. The second-order valence-corrected chi connectivity index (χ2v) is 40.9. The largest absolute Gasteiger partial charge is 0.456 e. The first-order valence-electron chi connectivity index (χ1n) is 50.4. The van der Waals surface area contributed by atoms with Crippen LogP contribution in [0.1, 0.15) is 0 Å². The van der Waals surface area contributed by atoms with E-state index in [0.717, 1.165) is 214 Å². The van der Waals surface area contributed by atoms with Crippen LogP contribution in [0.15, 0.2) is 479 Å². The number of aromatic nitrogens is 10. The van der Waals surface area contributed by atoms with Gasteiger partial charge in [0.15, 0.2) is 11.6 Å². The van der Waals surface area contributed by atoms with Crippen molar-refractivity contribution in [3.8, 4) is 57.2 Å². The number of furan rings is 4. The number of hydrogen-bond acceptors (Lipinski definition) is 10. The summed E-state index contributed by atoms with van der Waals surface area (Å²) in [6.07, 6.45) is 0. The Morgan fingerprint density at radius 2 is 0.433 bits per heavy atom. The van der Waals surface area contributed by atoms with Crippen molar-refractivity contribution in [3.63, 3.8) is 0 Å². The van der Waals surface area contributed by atoms with Gasteiger partial charge in [-0.25, -0.2) is 19.9 Å². The van der Waals surface area contributed by atoms with Crippen LogP contribution in [0.3, 0.4) is 0 Å². The average Bonchev–Trinajstić information content (AvgIpc) is 1.54. The summed E-state index contributed by atoms with van der Waals surface area (Å²) in [6, 6.07) is 163. The van der Waals surface area contributed by atoms with Crippen molar-refractivity contribution < 1.29 is 17.7 Å². The number of nitrogens with zero attached hydrogens (tertiary/aromatic N) is 10. The highest BCUT2D eigenvalue weighted by atomic mass is 32.1. The summed E-state index contributed by atoms with van der Waals surface area (Å²) in [6.45, 7) is 0. The summed E-state index contributed by atoms with van der Waals surface area (Å²) in [4.78, 5) is 21.4. The van der Waals surface area contributed by atoms with Crippen LogP contribution >= 0.6 is 22.7 Å². The number of fused-ring (bicyclic) bond motifs is 39. The average molecular weight is 1950 g/mol. The Labute approximate surface area is 858 Å². The van der Waals surface area contributed by atoms with Gasteiger partial charge in [0.2, 0.25) is 5.95 Å². The van der Waals surface area contributed by atoms with Gasteiger partial charge >= 0.3 is 0 Å². The standard InChI is InChI=1S/2C46H26N4OS.C42H24N2O2/c1-2-12-27(13-3-1)45-47-43-33-17-7-11-21-40(33)52-44(43)46(48-45)50-35-19-9-5-16-32(35)42-37(50)25-24-36-41(42)31-15-4-8-18-34(31)49(36)28-22-23-30-29-14-6-10-20-38(29)51-39(30)26-28;1-2-12-27(13-3-1)43-45-44(33-17-7-11-21-40(33)52-45)48-46(47-43)50-35-19-9-5-16-32(35)42-37(50)25-24-36-41(42)31-15-4-8-18-34(31)49(36)28-22-23-30-29-14-6-10-20-38(29)51-39(30)26-28;1-5-13-33-31(11-1)41-35(43(33)25-17-19-29-27-9-3-7-15-37(27)45-39(29)23-25)21-22-36-42(41)32-12-2-6-14-34(32)44(36)26-18-20-30-28-10-4-8-16-38(28)46-40(30)24-26/h2*1-26H;1-24H. The molecule has 14 nitrogen and oxygen atoms in total. The fourth-order valence-electron chi connectivity index (χ4n) is 24.4. The number of benzene rings is 21. The molecule has 150 heavy (non-hydrogen) atoms. The molecular formula is C134H76N10O4S2. The molecule has 0 radical (unpaired) electrons. The monoisotopic (exact) mass is 1950 g/mol. The first-order chi connectivity index (χ1) is 74.4. The zero-order valence-electron chi connectivity index (χ0n) is 79.8. The minimum Gasteiger partial charge on any atom is -0.456 e. The normalized spacial score (nSPS) is 12.3. The summed E-state index contributed by atoms with van der Waals surface area (Å²) in [5.41, 5.74) is 30.1. The Morgan fingerprint density at radius 1 is 0.173 bits per heavy atom. The molecule has 0 aliphatic heterocycles. The van der Waals surface area contributed by atoms with Crippen molar-refractivity contribution in [1.82, 2.24) is 47.3 Å². The molecule has 0 unspecified atom stereocenters. The topological polar surface area (TPSA) is 134 Å². The highest BCUT2D eigenvalue weighted by molar-refractivity contribution is 7.26. The Kier molecular flexibility index (Phi) is 17.6. The van der Waals surface area contributed by atoms with Gasteiger partial charge in [0.05, 0.1) is 92.3 Å². The molecule has 0 saturated heterocycles. The number of para-hydroxylation sites is 10. The third kappa shape index (κ3) is 12.0. The summed E-state index contributed by atoms with van der Waals surface area (Å²) in [5, 5.41) is 25.9. The second kappa shape index (κ2) is 31.9. The van der Waals surface area contributed by atoms with E-state index in [0.29, 0.717) is 5.95 Å². The zero-order chi connectivity index (χ0) is 97.8. The second-order valence-electron chi connectivity index (χ2n) is 38.8. The van der Waals surface area contributed by atoms with Gasteiger partial charge in [-0.1, -0.05) is 279 Å². The molecular weight excluding hydrogens is 1880 g/mol. The van der Waals surface area contributed by atoms with Crippen molar-refractivity contribution in [1.29, 1.82) is 0 Å². The molecule has 0 aliphatic carbocycles. The minimum atomic E-state index is 0.666. The molecule has 35 aromatic rings. The quantitative estimate of drug-likeness (QED) is 0.147. The SMILES string of the molecule is c1ccc(-c2nc(-n3c4ccccc4c4c5c6ccccc6n(-c6ccc7c(c6)oc6ccccc67)c5ccc43)c3sc4ccccc4c3n2)cc1.c1ccc(-c2nc(-n3c4ccccc4c4c5c6ccccc6n(-c6ccc7c(c6)oc6ccccc67)c5ccc43)nc3c2sc2ccccc23)cc1.c1ccc2c(c1)oc1cc(-n3c4ccccc4c4c5c6ccccc6n(-c6ccc7c(c6)oc6ccccc67)c5ccc43)ccc12. The number of thiophene rings is 2. The van der Waals surface area contributed by atoms with Gasteiger partial charge in [0, 0.05) is 186 Å². The van der Waals surface area contributed by atoms with Gasteiger partial charge in [-0.3, -0.25) is 9.13 Å². The van der Waals surface area contributed by atoms with E-state index in [4.69, 9.17) is 37.6 Å². The maximum absolute atomic E-state index is 6.37. The molecule has 0 N–H and O–H groups in total. The Balaban J connectivity index is 0.0000000976. The molecule has 35 rings (SSSR count). The molecule has 0 amide bonds. The lowest BCUT2D eigenvalue weighted by Gasteiger charge is -2.11. The van der Waals surface area contributed by atoms with Crippen LogP contribution in [0, 0.1) is 0 Å². The van der Waals surface area contributed by atoms with Gasteiger partial charge in [0.1, 0.15) is 44.7 Å². The molecule has 21 aromatic carbocycles. The minimum absolute atomic E-state index is 0.666. The molecule has 0 bridgehead atoms. The highest BCUT2D eigenvalue weighted by Gasteiger charge is 2.30. The van der Waals surface area contributed by atoms with Crippen LogP contribution in [0.25, 0.3) is 316 Å². The molecule has 14 heterocycles. The van der Waals surface area contributed by atoms with Crippen molar-refractivity contribution >= 4 is 282 Å². The van der Waals surface area contributed by atoms with E-state index in [1.54, 1.807) is 22.7 Å². The molecule has 0 atom stereocenters. The molecule has 16 heteroatoms. The summed E-state index contributed by atoms with van der Waals surface area (Å²) in [7, 11) is 0. The van der Waals surface area contributed by atoms with E-state index in [1.165, 1.54) is 96.1 Å². The van der Waals surface area contributed by atoms with E-state index in [2.05, 4.69) is 422 Å². The van der Waals surface area contributed by atoms with Gasteiger partial charge in [-0.2, -0.15) is 0 Å². The molecule has 0 saturated carbocycles. The zero-order valence-corrected chi connectivity index (χ0v) is 81.4. The maximum Gasteiger partial charge on any atom is 0.235 e. The van der Waals surface area contributed by atoms with Crippen molar-refractivity contribution in [2.75, 3.05) is 0 Å². The smallest absolute Gasteiger partial charge is 0.235 e. The third-order valence-corrected chi connectivity index (χ3v) is 33.1. The Bertz CT molecular complexity index is 11800. The Hall–Kier alpha value is -19.8. The first kappa shape index (κ1) is 82.6. The van der Waals surface area contributed by atoms with E-state index in [9.17, 15) is 0 Å². The molecule has 698 valence electrons. The highest BCUT2D eigenvalue weighted by Crippen LogP contribution is 2.52. The predicted molar refractivity (Wildman–Crippen MR) is 622 cm³/mol. The summed E-state index contributed by atoms with van der Waals surface area (Å²) in [5.74, 6) is 2.28. The van der Waals surface area contributed by atoms with Crippen molar-refractivity contribution in [2.24, 2.45) is 0 Å². The number of rotatable bonds is 8. The lowest BCUT2D eigenvalue weighted by Crippen LogP contribution is -2.02. The van der Waals surface area contributed by atoms with Crippen LogP contribution in [0.5, 0.6) is 0 Å². The first-order valence-corrected chi connectivity index (χ1v) is 52.1. The fourth-order valence-corrected chi connectivity index (χ4v) is 26.7.